The predicted octanol–water partition coefficient (Wildman–Crippen LogP) is 1.07. The number of aliphatic imine (C=N–C) groups is 1. The zero-order chi connectivity index (χ0) is 11.3. The Kier molecular flexibility index (Phi) is 3.82. The summed E-state index contributed by atoms with van der Waals surface area (Å²) in [7, 11) is 0. The molecular formula is C10H19N5. The molecule has 5 heteroatoms. The molecule has 1 rings (SSSR count). The average molecular weight is 209 g/mol. The third-order valence-corrected chi connectivity index (χ3v) is 2.07. The van der Waals surface area contributed by atoms with E-state index in [0.717, 1.165) is 19.5 Å². The maximum atomic E-state index is 5.83. The van der Waals surface area contributed by atoms with Gasteiger partial charge in [0.1, 0.15) is 0 Å². The van der Waals surface area contributed by atoms with E-state index in [0.29, 0.717) is 5.84 Å². The van der Waals surface area contributed by atoms with Gasteiger partial charge in [-0.1, -0.05) is 26.0 Å². The fourth-order valence-corrected chi connectivity index (χ4v) is 1.02. The number of aryl methyl sites for hydroxylation is 1. The largest absolute Gasteiger partial charge is 0.387 e. The Balaban J connectivity index is 2.27. The zero-order valence-corrected chi connectivity index (χ0v) is 9.64. The number of aromatic nitrogens is 3. The Bertz CT molecular complexity index is 307. The second-order valence-corrected chi connectivity index (χ2v) is 4.54. The molecule has 0 bridgehead atoms. The lowest BCUT2D eigenvalue weighted by Crippen LogP contribution is -2.29. The van der Waals surface area contributed by atoms with Crippen LogP contribution in [0.25, 0.3) is 0 Å². The molecule has 5 nitrogen and oxygen atoms in total. The van der Waals surface area contributed by atoms with Crippen LogP contribution in [0, 0.1) is 5.41 Å². The molecule has 0 unspecified atom stereocenters. The first kappa shape index (κ1) is 11.7. The molecule has 0 saturated heterocycles. The van der Waals surface area contributed by atoms with E-state index < -0.39 is 0 Å². The quantitative estimate of drug-likeness (QED) is 0.458. The van der Waals surface area contributed by atoms with Crippen LogP contribution in [-0.2, 0) is 6.54 Å². The lowest BCUT2D eigenvalue weighted by Gasteiger charge is -2.17. The second-order valence-electron chi connectivity index (χ2n) is 4.54. The Hall–Kier alpha value is -1.39. The third-order valence-electron chi connectivity index (χ3n) is 2.07. The van der Waals surface area contributed by atoms with Gasteiger partial charge in [-0.2, -0.15) is 0 Å². The highest BCUT2D eigenvalue weighted by atomic mass is 15.4. The molecule has 0 amide bonds. The summed E-state index contributed by atoms with van der Waals surface area (Å²) in [5.41, 5.74) is 5.79. The van der Waals surface area contributed by atoms with Crippen LogP contribution in [-0.4, -0.2) is 27.4 Å². The average Bonchev–Trinajstić information content (AvgIpc) is 2.63. The second kappa shape index (κ2) is 4.91. The van der Waals surface area contributed by atoms with Crippen molar-refractivity contribution in [3.8, 4) is 0 Å². The van der Waals surface area contributed by atoms with E-state index in [2.05, 4.69) is 36.1 Å². The van der Waals surface area contributed by atoms with Crippen LogP contribution in [0.3, 0.4) is 0 Å². The lowest BCUT2D eigenvalue weighted by atomic mass is 9.95. The molecular weight excluding hydrogens is 190 g/mol. The fourth-order valence-electron chi connectivity index (χ4n) is 1.02. The normalized spacial score (nSPS) is 13.1. The van der Waals surface area contributed by atoms with E-state index in [1.807, 2.05) is 6.20 Å². The van der Waals surface area contributed by atoms with Crippen LogP contribution in [0.15, 0.2) is 17.4 Å². The maximum absolute atomic E-state index is 5.83. The number of hydrogen-bond acceptors (Lipinski definition) is 3. The first-order chi connectivity index (χ1) is 7.00. The van der Waals surface area contributed by atoms with Gasteiger partial charge in [-0.3, -0.25) is 9.67 Å². The van der Waals surface area contributed by atoms with Gasteiger partial charge in [-0.15, -0.1) is 5.10 Å². The highest BCUT2D eigenvalue weighted by Crippen LogP contribution is 2.12. The van der Waals surface area contributed by atoms with Crippen molar-refractivity contribution in [1.82, 2.24) is 15.0 Å². The smallest absolute Gasteiger partial charge is 0.0991 e. The Morgan fingerprint density at radius 1 is 1.47 bits per heavy atom. The van der Waals surface area contributed by atoms with E-state index in [9.17, 15) is 0 Å². The summed E-state index contributed by atoms with van der Waals surface area (Å²) in [6.45, 7) is 7.75. The van der Waals surface area contributed by atoms with Gasteiger partial charge in [0.25, 0.3) is 0 Å². The van der Waals surface area contributed by atoms with Crippen molar-refractivity contribution < 1.29 is 0 Å². The van der Waals surface area contributed by atoms with Crippen molar-refractivity contribution >= 4 is 5.84 Å². The zero-order valence-electron chi connectivity index (χ0n) is 9.64. The number of amidine groups is 1. The highest BCUT2D eigenvalue weighted by Gasteiger charge is 2.14. The lowest BCUT2D eigenvalue weighted by molar-refractivity contribution is 0.554. The van der Waals surface area contributed by atoms with E-state index >= 15 is 0 Å². The summed E-state index contributed by atoms with van der Waals surface area (Å²) in [6.07, 6.45) is 4.45. The maximum Gasteiger partial charge on any atom is 0.0991 e. The number of hydrogen-bond donors (Lipinski definition) is 1. The van der Waals surface area contributed by atoms with Crippen molar-refractivity contribution in [2.45, 2.75) is 33.7 Å². The molecule has 2 N–H and O–H groups in total. The summed E-state index contributed by atoms with van der Waals surface area (Å²) in [5, 5.41) is 7.60. The van der Waals surface area contributed by atoms with Crippen LogP contribution >= 0.6 is 0 Å². The molecule has 0 spiro atoms. The molecule has 1 aromatic rings. The molecule has 1 heterocycles. The number of rotatable bonds is 4. The highest BCUT2D eigenvalue weighted by molar-refractivity contribution is 5.85. The monoisotopic (exact) mass is 209 g/mol. The van der Waals surface area contributed by atoms with E-state index in [1.54, 1.807) is 10.9 Å². The minimum atomic E-state index is -0.0345. The SMILES string of the molecule is CC(C)(C)C(N)=NCCCn1ccnn1. The molecule has 0 aliphatic carbocycles. The van der Waals surface area contributed by atoms with Crippen LogP contribution in [0.2, 0.25) is 0 Å². The van der Waals surface area contributed by atoms with E-state index in [-0.39, 0.29) is 5.41 Å². The van der Waals surface area contributed by atoms with Gasteiger partial charge in [0.2, 0.25) is 0 Å². The molecule has 0 atom stereocenters. The molecule has 0 radical (unpaired) electrons. The van der Waals surface area contributed by atoms with Gasteiger partial charge in [0, 0.05) is 24.7 Å². The Labute approximate surface area is 90.4 Å². The van der Waals surface area contributed by atoms with Gasteiger partial charge in [-0.25, -0.2) is 0 Å². The summed E-state index contributed by atoms with van der Waals surface area (Å²) in [5.74, 6) is 0.709. The molecule has 0 aromatic carbocycles. The summed E-state index contributed by atoms with van der Waals surface area (Å²) in [6, 6.07) is 0. The van der Waals surface area contributed by atoms with Crippen molar-refractivity contribution in [2.75, 3.05) is 6.54 Å². The number of nitrogens with two attached hydrogens (primary N) is 1. The first-order valence-corrected chi connectivity index (χ1v) is 5.14. The fraction of sp³-hybridized carbons (Fsp3) is 0.700. The van der Waals surface area contributed by atoms with E-state index in [4.69, 9.17) is 5.73 Å². The van der Waals surface area contributed by atoms with Crippen LogP contribution in [0.1, 0.15) is 27.2 Å². The molecule has 0 saturated carbocycles. The van der Waals surface area contributed by atoms with Crippen molar-refractivity contribution in [3.05, 3.63) is 12.4 Å². The summed E-state index contributed by atoms with van der Waals surface area (Å²) in [4.78, 5) is 4.33. The van der Waals surface area contributed by atoms with Crippen molar-refractivity contribution in [3.63, 3.8) is 0 Å². The predicted molar refractivity (Wildman–Crippen MR) is 60.6 cm³/mol. The van der Waals surface area contributed by atoms with Crippen LogP contribution in [0.4, 0.5) is 0 Å². The van der Waals surface area contributed by atoms with Crippen LogP contribution in [0.5, 0.6) is 0 Å². The van der Waals surface area contributed by atoms with Gasteiger partial charge >= 0.3 is 0 Å². The molecule has 15 heavy (non-hydrogen) atoms. The molecule has 0 fully saturated rings. The van der Waals surface area contributed by atoms with Gasteiger partial charge in [0.05, 0.1) is 12.0 Å². The van der Waals surface area contributed by atoms with Crippen LogP contribution < -0.4 is 5.73 Å². The minimum absolute atomic E-state index is 0.0345. The van der Waals surface area contributed by atoms with Gasteiger partial charge < -0.3 is 5.73 Å². The standard InChI is InChI=1S/C10H19N5/c1-10(2,3)9(11)12-5-4-7-15-8-6-13-14-15/h6,8H,4-5,7H2,1-3H3,(H2,11,12). The first-order valence-electron chi connectivity index (χ1n) is 5.14. The molecule has 0 aliphatic rings. The number of nitrogens with zero attached hydrogens (tertiary/aromatic N) is 4. The summed E-state index contributed by atoms with van der Waals surface area (Å²) < 4.78 is 1.79. The van der Waals surface area contributed by atoms with E-state index in [1.165, 1.54) is 0 Å². The molecule has 84 valence electrons. The van der Waals surface area contributed by atoms with Gasteiger partial charge in [-0.05, 0) is 6.42 Å². The van der Waals surface area contributed by atoms with Crippen molar-refractivity contribution in [2.24, 2.45) is 16.1 Å². The molecule has 1 aromatic heterocycles. The molecule has 0 aliphatic heterocycles. The summed E-state index contributed by atoms with van der Waals surface area (Å²) >= 11 is 0. The minimum Gasteiger partial charge on any atom is -0.387 e. The third kappa shape index (κ3) is 4.10. The Morgan fingerprint density at radius 3 is 2.73 bits per heavy atom. The van der Waals surface area contributed by atoms with Crippen molar-refractivity contribution in [1.29, 1.82) is 0 Å². The van der Waals surface area contributed by atoms with Gasteiger partial charge in [0.15, 0.2) is 0 Å². The Morgan fingerprint density at radius 2 is 2.20 bits per heavy atom. The topological polar surface area (TPSA) is 69.1 Å².